The number of carbonyl (C=O) groups excluding carboxylic acids is 17. The summed E-state index contributed by atoms with van der Waals surface area (Å²) in [4.78, 5) is 303. The van der Waals surface area contributed by atoms with Crippen molar-refractivity contribution < 1.29 is 151 Å². The second kappa shape index (κ2) is 56.1. The maximum Gasteiger partial charge on any atom is 0.375 e. The number of carboxylic acid groups (broad SMARTS) is 4. The Labute approximate surface area is 813 Å². The lowest BCUT2D eigenvalue weighted by Crippen LogP contribution is -2.62. The molecule has 51 nitrogen and oxygen atoms in total. The van der Waals surface area contributed by atoms with Crippen molar-refractivity contribution in [2.24, 2.45) is 5.73 Å². The molecule has 2 aromatic carbocycles. The number of amides is 16. The van der Waals surface area contributed by atoms with E-state index < -0.39 is 282 Å². The molecule has 6 aliphatic rings. The lowest BCUT2D eigenvalue weighted by atomic mass is 10.0. The minimum atomic E-state index is -2.04. The van der Waals surface area contributed by atoms with Crippen molar-refractivity contribution in [3.05, 3.63) is 59.7 Å². The van der Waals surface area contributed by atoms with E-state index in [0.717, 1.165) is 44.2 Å². The Bertz CT molecular complexity index is 4670. The van der Waals surface area contributed by atoms with E-state index in [4.69, 9.17) is 19.9 Å². The number of nitrogens with zero attached hydrogens (tertiary/aromatic N) is 5. The van der Waals surface area contributed by atoms with Gasteiger partial charge in [0.2, 0.25) is 94.5 Å². The van der Waals surface area contributed by atoms with Crippen LogP contribution in [-0.4, -0.2) is 428 Å². The molecule has 23 N–H and O–H groups in total. The molecule has 14 atom stereocenters. The number of hydrogen-bond acceptors (Lipinski definition) is 37. The Kier molecular flexibility index (Phi) is 45.5. The first-order chi connectivity index (χ1) is 65.6. The van der Waals surface area contributed by atoms with Gasteiger partial charge in [0.1, 0.15) is 90.6 Å². The van der Waals surface area contributed by atoms with Crippen LogP contribution < -0.4 is 80.2 Å². The van der Waals surface area contributed by atoms with E-state index in [1.54, 1.807) is 19.6 Å². The Morgan fingerprint density at radius 1 is 0.507 bits per heavy atom. The zero-order valence-electron chi connectivity index (χ0n) is 74.9. The van der Waals surface area contributed by atoms with E-state index in [1.807, 2.05) is 0 Å². The fourth-order valence-electron chi connectivity index (χ4n) is 14.3. The van der Waals surface area contributed by atoms with E-state index in [9.17, 15) is 108 Å². The number of aliphatic hydroxyl groups excluding tert-OH is 1. The molecule has 0 radical (unpaired) electrons. The molecule has 6 aliphatic heterocycles. The quantitative estimate of drug-likeness (QED) is 0.0156. The highest BCUT2D eigenvalue weighted by molar-refractivity contribution is 8.77. The van der Waals surface area contributed by atoms with E-state index in [0.29, 0.717) is 37.9 Å². The fourth-order valence-corrected chi connectivity index (χ4v) is 21.3. The number of aliphatic hydroxyl groups is 1. The van der Waals surface area contributed by atoms with Gasteiger partial charge in [-0.1, -0.05) is 89.0 Å². The summed E-state index contributed by atoms with van der Waals surface area (Å²) in [7, 11) is 4.28. The van der Waals surface area contributed by atoms with Gasteiger partial charge >= 0.3 is 29.8 Å². The third-order valence-corrected chi connectivity index (χ3v) is 29.0. The van der Waals surface area contributed by atoms with Gasteiger partial charge in [0, 0.05) is 119 Å². The van der Waals surface area contributed by atoms with Gasteiger partial charge in [0.15, 0.2) is 0 Å². The maximum absolute atomic E-state index is 15.5. The molecule has 138 heavy (non-hydrogen) atoms. The summed E-state index contributed by atoms with van der Waals surface area (Å²) < 4.78 is 16.6. The number of fused-ring (bicyclic) bond motifs is 20. The summed E-state index contributed by atoms with van der Waals surface area (Å²) in [5.74, 6) is -27.8. The van der Waals surface area contributed by atoms with E-state index in [2.05, 4.69) is 74.4 Å². The number of phenolic OH excluding ortho intramolecular Hbond substituents is 2. The Morgan fingerprint density at radius 2 is 0.971 bits per heavy atom. The van der Waals surface area contributed by atoms with Crippen molar-refractivity contribution in [1.82, 2.24) is 98.9 Å². The number of nitrogens with two attached hydrogens (primary N) is 1. The van der Waals surface area contributed by atoms with E-state index >= 15 is 28.8 Å². The van der Waals surface area contributed by atoms with Gasteiger partial charge in [0.05, 0.1) is 65.1 Å². The lowest BCUT2D eigenvalue weighted by Gasteiger charge is -2.32. The number of phenols is 2. The van der Waals surface area contributed by atoms with Crippen LogP contribution in [0.25, 0.3) is 0 Å². The number of primary amides is 1. The summed E-state index contributed by atoms with van der Waals surface area (Å²) in [6.07, 6.45) is -5.22. The Morgan fingerprint density at radius 3 is 1.49 bits per heavy atom. The average Bonchev–Trinajstić information content (AvgIpc) is 1.60. The van der Waals surface area contributed by atoms with Gasteiger partial charge in [-0.25, -0.2) is 4.79 Å². The molecule has 6 heterocycles. The Hall–Kier alpha value is -11.3. The normalized spacial score (nSPS) is 26.0. The molecule has 0 aliphatic carbocycles. The Balaban J connectivity index is 1.15. The van der Waals surface area contributed by atoms with Crippen LogP contribution in [0.5, 0.6) is 11.5 Å². The summed E-state index contributed by atoms with van der Waals surface area (Å²) in [5, 5.41) is 105. The third-order valence-electron chi connectivity index (χ3n) is 21.7. The predicted octanol–water partition coefficient (Wildman–Crippen LogP) is -9.36. The number of epoxide rings is 1. The smallest absolute Gasteiger partial charge is 0.375 e. The lowest BCUT2D eigenvalue weighted by molar-refractivity contribution is -0.143. The summed E-state index contributed by atoms with van der Waals surface area (Å²) in [6.45, 7) is -0.660. The zero-order valence-corrected chi connectivity index (χ0v) is 79.8. The molecule has 6 fully saturated rings. The van der Waals surface area contributed by atoms with Crippen LogP contribution in [0.3, 0.4) is 0 Å². The van der Waals surface area contributed by atoms with Crippen molar-refractivity contribution >= 4 is 189 Å². The number of carboxylic acids is 4. The predicted molar refractivity (Wildman–Crippen MR) is 496 cm³/mol. The molecule has 0 unspecified atom stereocenters. The van der Waals surface area contributed by atoms with Crippen LogP contribution in [0.1, 0.15) is 57.1 Å². The number of rotatable bonds is 29. The van der Waals surface area contributed by atoms with Crippen molar-refractivity contribution in [3.8, 4) is 11.5 Å². The summed E-state index contributed by atoms with van der Waals surface area (Å²) >= 11 is 0. The summed E-state index contributed by atoms with van der Waals surface area (Å²) in [6, 6.07) is -11.5. The molecule has 760 valence electrons. The van der Waals surface area contributed by atoms with Crippen molar-refractivity contribution in [2.45, 2.75) is 143 Å². The molecule has 2 aromatic rings. The van der Waals surface area contributed by atoms with E-state index in [-0.39, 0.29) is 148 Å². The largest absolute Gasteiger partial charge is 0.508 e. The highest BCUT2D eigenvalue weighted by Crippen LogP contribution is 2.33. The first kappa shape index (κ1) is 112. The number of cyclic esters (lactones) is 1. The molecule has 0 aromatic heterocycles. The maximum atomic E-state index is 15.5. The molecule has 0 spiro atoms. The number of hydrogen-bond donors (Lipinski definition) is 22. The topological polar surface area (TPSA) is 742 Å². The molecule has 6 saturated heterocycles. The zero-order chi connectivity index (χ0) is 101. The van der Waals surface area contributed by atoms with Gasteiger partial charge in [-0.05, 0) is 68.5 Å². The molecule has 16 amide bonds. The third kappa shape index (κ3) is 38.1. The number of nitrogens with one attached hydrogen (secondary N) is 14. The number of carbonyl (C=O) groups is 21. The van der Waals surface area contributed by atoms with Crippen LogP contribution >= 0.6 is 64.8 Å². The standard InChI is InChI=1S/C81H114N20O31S6/c1-43-68(117)91-56-41-137-135-38-53-72(121)88-49(13-14-63(109)110)69(118)89-50(28-45-5-9-47(103)10-6-45)70(119)92-55(40-136-138-42-57(86-60(106)31-84-78(127)67(44(2)102)95-75(56)124)76(125)96-81(80(129)132-81)30-46-7-11-48(104)12-8-46)74(123)94-54(73(122)90-51(29-59(82)105)79(128)101-16-3-4-58(101)77(126)85-43)39-134-133-37-52(71(120)93-53)87-62(108)36-131-27-26-130-25-15-83-61(107)32-97-17-19-98(33-64(111)112)21-23-100(35-66(115)116)24-22-99(20-18-97)34-65(113)114/h5-12,43-44,49-58,67,102-104H,3-4,13-42H2,1-2H3,(H2,82,105)(H,83,107)(H,84,127)(H,85,126)(H,86,106)(H,87,108)(H,88,121)(H,89,118)(H,90,122)(H,91,117)(H,92,119)(H,93,120)(H,94,123)(H,95,124)(H,96,125)(H,109,110)(H,111,112)(H,113,114)(H,115,116)/t43-,44+,49-,50-,51-,52-,53-,54-,55-,56-,57-,58-,67-,81+/m0/s1. The van der Waals surface area contributed by atoms with Gasteiger partial charge in [-0.2, -0.15) is 0 Å². The monoisotopic (exact) mass is 2050 g/mol. The van der Waals surface area contributed by atoms with Crippen LogP contribution in [0.15, 0.2) is 48.5 Å². The molecule has 8 rings (SSSR count). The van der Waals surface area contributed by atoms with Crippen LogP contribution in [0, 0.1) is 0 Å². The van der Waals surface area contributed by atoms with Gasteiger partial charge in [-0.3, -0.25) is 115 Å². The van der Waals surface area contributed by atoms with Crippen molar-refractivity contribution in [1.29, 1.82) is 0 Å². The fraction of sp³-hybridized carbons (Fsp3) is 0.593. The van der Waals surface area contributed by atoms with Crippen molar-refractivity contribution in [3.63, 3.8) is 0 Å². The molecular weight excluding hydrogens is 1940 g/mol. The SMILES string of the molecule is C[C@@H]1NC(=O)[C@@H]2CCCN2C(=O)[C@H](CC(N)=O)NC(=O)[C@@H]2CSSC[C@H](NC(=O)COCCOCCNC(=O)CN3CCN(CC(=O)O)CCN(CC(=O)O)CCN(CC(=O)O)CC3)C(=O)N[C@H]3CSSC[C@H](NC1=O)C(=O)N[C@@H]([C@@H](C)O)C(=O)NCC(=O)N[C@H](C(=O)N[C@]1(Cc4ccc(O)cc4)OC1=O)CSSC[C@H](NC(=O)[C@H](Cc1ccc(O)cc1)NC(=O)[C@H](CCC(=O)O)NC3=O)C(=O)N2. The molecular formula is C81H114N20O31S6. The molecule has 4 bridgehead atoms. The first-order valence-electron chi connectivity index (χ1n) is 43.5. The van der Waals surface area contributed by atoms with Crippen LogP contribution in [-0.2, 0) is 128 Å². The van der Waals surface area contributed by atoms with E-state index in [1.165, 1.54) is 55.5 Å². The number of ether oxygens (including phenoxy) is 3. The minimum absolute atomic E-state index is 0.0684. The second-order valence-electron chi connectivity index (χ2n) is 32.6. The molecule has 57 heteroatoms. The number of aliphatic carboxylic acids is 4. The molecule has 0 saturated carbocycles. The number of benzene rings is 2. The number of aromatic hydroxyl groups is 2. The second-order valence-corrected chi connectivity index (χ2v) is 40.2. The van der Waals surface area contributed by atoms with Gasteiger partial charge in [0.25, 0.3) is 5.72 Å². The minimum Gasteiger partial charge on any atom is -0.508 e. The average molecular weight is 2060 g/mol. The van der Waals surface area contributed by atoms with Gasteiger partial charge in [-0.15, -0.1) is 0 Å². The van der Waals surface area contributed by atoms with Crippen LogP contribution in [0.2, 0.25) is 0 Å². The van der Waals surface area contributed by atoms with Crippen molar-refractivity contribution in [2.75, 3.05) is 159 Å². The highest BCUT2D eigenvalue weighted by atomic mass is 33.1. The first-order valence-corrected chi connectivity index (χ1v) is 51.0. The van der Waals surface area contributed by atoms with Gasteiger partial charge < -0.3 is 135 Å². The summed E-state index contributed by atoms with van der Waals surface area (Å²) in [5.41, 5.74) is 4.28. The highest BCUT2D eigenvalue weighted by Gasteiger charge is 2.60. The van der Waals surface area contributed by atoms with Crippen LogP contribution in [0.4, 0.5) is 0 Å².